The third kappa shape index (κ3) is 4.89. The molecule has 30 heavy (non-hydrogen) atoms. The molecule has 2 unspecified atom stereocenters. The first-order valence-corrected chi connectivity index (χ1v) is 9.91. The zero-order chi connectivity index (χ0) is 21.5. The molecule has 8 heteroatoms. The van der Waals surface area contributed by atoms with Crippen LogP contribution in [0.3, 0.4) is 0 Å². The first-order chi connectivity index (χ1) is 14.5. The number of carbonyl (C=O) groups is 2. The van der Waals surface area contributed by atoms with Crippen LogP contribution in [0.15, 0.2) is 48.5 Å². The molecule has 0 radical (unpaired) electrons. The molecule has 0 spiro atoms. The van der Waals surface area contributed by atoms with Gasteiger partial charge in [0.05, 0.1) is 5.92 Å². The molecule has 2 atom stereocenters. The summed E-state index contributed by atoms with van der Waals surface area (Å²) < 4.78 is 0. The number of hydrogen-bond donors (Lipinski definition) is 3. The van der Waals surface area contributed by atoms with Gasteiger partial charge in [-0.25, -0.2) is 0 Å². The van der Waals surface area contributed by atoms with Crippen LogP contribution >= 0.6 is 0 Å². The Hall–Kier alpha value is -3.55. The normalized spacial score (nSPS) is 12.9. The fourth-order valence-corrected chi connectivity index (χ4v) is 3.59. The Kier molecular flexibility index (Phi) is 6.90. The molecule has 0 bridgehead atoms. The summed E-state index contributed by atoms with van der Waals surface area (Å²) >= 11 is 0. The highest BCUT2D eigenvalue weighted by atomic mass is 16.4. The number of amides is 1. The van der Waals surface area contributed by atoms with Gasteiger partial charge in [0.25, 0.3) is 5.91 Å². The smallest absolute Gasteiger partial charge is 0.307 e. The van der Waals surface area contributed by atoms with Crippen molar-refractivity contribution >= 4 is 11.9 Å². The van der Waals surface area contributed by atoms with Crippen LogP contribution in [-0.4, -0.2) is 44.7 Å². The molecule has 156 valence electrons. The number of carbonyl (C=O) groups excluding carboxylic acids is 1. The van der Waals surface area contributed by atoms with Crippen molar-refractivity contribution in [3.8, 4) is 11.1 Å². The lowest BCUT2D eigenvalue weighted by molar-refractivity contribution is -0.143. The lowest BCUT2D eigenvalue weighted by Crippen LogP contribution is -2.25. The summed E-state index contributed by atoms with van der Waals surface area (Å²) in [5.74, 6) is -1.49. The number of aromatic nitrogens is 4. The highest BCUT2D eigenvalue weighted by molar-refractivity contribution is 5.94. The molecule has 1 amide bonds. The number of H-pyrrole nitrogens is 1. The van der Waals surface area contributed by atoms with Gasteiger partial charge < -0.3 is 10.4 Å². The minimum atomic E-state index is -0.848. The number of tetrazole rings is 1. The standard InChI is InChI=1S/C22H25N5O3/c1-3-4-18(22(29)30)19(20-24-26-27-25-20)13-14-5-7-15(8-6-14)16-9-11-17(12-10-16)21(28)23-2/h5-12,18-19H,3-4,13H2,1-2H3,(H,23,28)(H,29,30)(H,24,25,26,27). The first kappa shape index (κ1) is 21.2. The van der Waals surface area contributed by atoms with Gasteiger partial charge in [-0.2, -0.15) is 5.21 Å². The second kappa shape index (κ2) is 9.78. The van der Waals surface area contributed by atoms with Gasteiger partial charge in [-0.15, -0.1) is 10.2 Å². The Balaban J connectivity index is 1.80. The fourth-order valence-electron chi connectivity index (χ4n) is 3.59. The largest absolute Gasteiger partial charge is 0.481 e. The summed E-state index contributed by atoms with van der Waals surface area (Å²) in [6.45, 7) is 1.97. The second-order valence-corrected chi connectivity index (χ2v) is 7.17. The van der Waals surface area contributed by atoms with Gasteiger partial charge in [-0.3, -0.25) is 9.59 Å². The van der Waals surface area contributed by atoms with E-state index in [0.717, 1.165) is 23.1 Å². The maximum atomic E-state index is 11.8. The summed E-state index contributed by atoms with van der Waals surface area (Å²) in [5.41, 5.74) is 3.62. The fraction of sp³-hybridized carbons (Fsp3) is 0.318. The molecule has 0 aliphatic rings. The quantitative estimate of drug-likeness (QED) is 0.501. The van der Waals surface area contributed by atoms with Crippen LogP contribution in [0.5, 0.6) is 0 Å². The number of hydrogen-bond acceptors (Lipinski definition) is 5. The van der Waals surface area contributed by atoms with Crippen LogP contribution in [0.2, 0.25) is 0 Å². The molecule has 8 nitrogen and oxygen atoms in total. The summed E-state index contributed by atoms with van der Waals surface area (Å²) in [7, 11) is 1.60. The van der Waals surface area contributed by atoms with Crippen molar-refractivity contribution in [3.05, 3.63) is 65.5 Å². The molecule has 0 aliphatic carbocycles. The molecular formula is C22H25N5O3. The van der Waals surface area contributed by atoms with Crippen molar-refractivity contribution in [3.63, 3.8) is 0 Å². The van der Waals surface area contributed by atoms with Gasteiger partial charge in [-0.05, 0) is 41.7 Å². The maximum absolute atomic E-state index is 11.8. The Morgan fingerprint density at radius 1 is 1.07 bits per heavy atom. The number of aliphatic carboxylic acids is 1. The van der Waals surface area contributed by atoms with Crippen LogP contribution in [0.25, 0.3) is 11.1 Å². The zero-order valence-corrected chi connectivity index (χ0v) is 17.0. The number of nitrogens with one attached hydrogen (secondary N) is 2. The van der Waals surface area contributed by atoms with Crippen molar-refractivity contribution in [1.29, 1.82) is 0 Å². The number of rotatable bonds is 9. The third-order valence-corrected chi connectivity index (χ3v) is 5.21. The van der Waals surface area contributed by atoms with E-state index in [-0.39, 0.29) is 11.8 Å². The molecule has 0 saturated carbocycles. The van der Waals surface area contributed by atoms with Gasteiger partial charge in [0.15, 0.2) is 5.82 Å². The van der Waals surface area contributed by atoms with Gasteiger partial charge in [0.2, 0.25) is 0 Å². The Labute approximate surface area is 174 Å². The number of benzene rings is 2. The molecule has 1 heterocycles. The van der Waals surface area contributed by atoms with E-state index in [1.807, 2.05) is 43.3 Å². The summed E-state index contributed by atoms with van der Waals surface area (Å²) in [6, 6.07) is 15.3. The zero-order valence-electron chi connectivity index (χ0n) is 17.0. The number of carboxylic acid groups (broad SMARTS) is 1. The number of carboxylic acids is 1. The molecule has 1 aromatic heterocycles. The van der Waals surface area contributed by atoms with Crippen LogP contribution in [0, 0.1) is 5.92 Å². The average Bonchev–Trinajstić information content (AvgIpc) is 3.31. The molecule has 0 aliphatic heterocycles. The van der Waals surface area contributed by atoms with Crippen molar-refractivity contribution in [1.82, 2.24) is 25.9 Å². The Bertz CT molecular complexity index is 969. The van der Waals surface area contributed by atoms with Crippen molar-refractivity contribution in [2.75, 3.05) is 7.05 Å². The summed E-state index contributed by atoms with van der Waals surface area (Å²) in [5, 5.41) is 26.4. The van der Waals surface area contributed by atoms with Crippen LogP contribution < -0.4 is 5.32 Å². The van der Waals surface area contributed by atoms with Crippen molar-refractivity contribution in [2.45, 2.75) is 32.1 Å². The number of aromatic amines is 1. The predicted octanol–water partition coefficient (Wildman–Crippen LogP) is 3.05. The highest BCUT2D eigenvalue weighted by Crippen LogP contribution is 2.30. The van der Waals surface area contributed by atoms with E-state index in [1.54, 1.807) is 19.2 Å². The topological polar surface area (TPSA) is 121 Å². The van der Waals surface area contributed by atoms with E-state index in [9.17, 15) is 14.7 Å². The van der Waals surface area contributed by atoms with Crippen LogP contribution in [0.1, 0.15) is 47.4 Å². The highest BCUT2D eigenvalue weighted by Gasteiger charge is 2.31. The third-order valence-electron chi connectivity index (χ3n) is 5.21. The van der Waals surface area contributed by atoms with E-state index in [2.05, 4.69) is 25.9 Å². The SMILES string of the molecule is CCCC(C(=O)O)C(Cc1ccc(-c2ccc(C(=O)NC)cc2)cc1)c1nn[nH]n1. The molecule has 0 fully saturated rings. The Morgan fingerprint density at radius 3 is 2.20 bits per heavy atom. The summed E-state index contributed by atoms with van der Waals surface area (Å²) in [4.78, 5) is 23.5. The molecule has 3 aromatic rings. The van der Waals surface area contributed by atoms with Crippen molar-refractivity contribution in [2.24, 2.45) is 5.92 Å². The second-order valence-electron chi connectivity index (χ2n) is 7.17. The lowest BCUT2D eigenvalue weighted by atomic mass is 9.83. The molecular weight excluding hydrogens is 382 g/mol. The molecule has 0 saturated heterocycles. The van der Waals surface area contributed by atoms with Crippen LogP contribution in [-0.2, 0) is 11.2 Å². The first-order valence-electron chi connectivity index (χ1n) is 9.91. The van der Waals surface area contributed by atoms with Crippen molar-refractivity contribution < 1.29 is 14.7 Å². The minimum absolute atomic E-state index is 0.121. The van der Waals surface area contributed by atoms with E-state index in [4.69, 9.17) is 0 Å². The predicted molar refractivity (Wildman–Crippen MR) is 112 cm³/mol. The van der Waals surface area contributed by atoms with Gasteiger partial charge >= 0.3 is 5.97 Å². The molecule has 3 rings (SSSR count). The Morgan fingerprint density at radius 2 is 1.70 bits per heavy atom. The van der Waals surface area contributed by atoms with Gasteiger partial charge in [0, 0.05) is 18.5 Å². The minimum Gasteiger partial charge on any atom is -0.481 e. The lowest BCUT2D eigenvalue weighted by Gasteiger charge is -2.21. The monoisotopic (exact) mass is 407 g/mol. The summed E-state index contributed by atoms with van der Waals surface area (Å²) in [6.07, 6.45) is 1.81. The van der Waals surface area contributed by atoms with E-state index < -0.39 is 11.9 Å². The van der Waals surface area contributed by atoms with Gasteiger partial charge in [-0.1, -0.05) is 55.0 Å². The average molecular weight is 407 g/mol. The van der Waals surface area contributed by atoms with E-state index in [0.29, 0.717) is 24.2 Å². The van der Waals surface area contributed by atoms with Gasteiger partial charge in [0.1, 0.15) is 0 Å². The molecule has 3 N–H and O–H groups in total. The maximum Gasteiger partial charge on any atom is 0.307 e. The van der Waals surface area contributed by atoms with Crippen LogP contribution in [0.4, 0.5) is 0 Å². The van der Waals surface area contributed by atoms with E-state index in [1.165, 1.54) is 0 Å². The molecule has 2 aromatic carbocycles. The number of nitrogens with zero attached hydrogens (tertiary/aromatic N) is 3. The van der Waals surface area contributed by atoms with E-state index >= 15 is 0 Å².